The molecule has 8 heteroatoms. The minimum Gasteiger partial charge on any atom is -0.481 e. The van der Waals surface area contributed by atoms with Crippen LogP contribution in [0.3, 0.4) is 0 Å². The third-order valence-corrected chi connectivity index (χ3v) is 6.36. The second kappa shape index (κ2) is 12.5. The van der Waals surface area contributed by atoms with Crippen LogP contribution in [0.1, 0.15) is 45.1 Å². The van der Waals surface area contributed by atoms with Gasteiger partial charge in [0.05, 0.1) is 17.5 Å². The van der Waals surface area contributed by atoms with Gasteiger partial charge in [-0.15, -0.1) is 4.33 Å². The highest BCUT2D eigenvalue weighted by Gasteiger charge is 2.44. The van der Waals surface area contributed by atoms with Crippen molar-refractivity contribution in [2.24, 2.45) is 0 Å². The molecule has 1 aliphatic rings. The van der Waals surface area contributed by atoms with E-state index in [0.29, 0.717) is 6.42 Å². The number of nitrogens with zero attached hydrogens (tertiary/aromatic N) is 1. The van der Waals surface area contributed by atoms with Crippen molar-refractivity contribution < 1.29 is 29.1 Å². The lowest BCUT2D eigenvalue weighted by molar-refractivity contribution is -0.438. The second-order valence-corrected chi connectivity index (χ2v) is 9.27. The fourth-order valence-corrected chi connectivity index (χ4v) is 4.50. The van der Waals surface area contributed by atoms with Crippen molar-refractivity contribution in [1.29, 1.82) is 0 Å². The summed E-state index contributed by atoms with van der Waals surface area (Å²) in [6.45, 7) is 5.16. The molecule has 0 amide bonds. The number of hydrogen-bond donors (Lipinski definition) is 3. The van der Waals surface area contributed by atoms with Gasteiger partial charge in [-0.3, -0.25) is 4.79 Å². The third-order valence-electron chi connectivity index (χ3n) is 5.78. The molecule has 0 bridgehead atoms. The molecule has 0 saturated carbocycles. The maximum absolute atomic E-state index is 10.8. The summed E-state index contributed by atoms with van der Waals surface area (Å²) in [4.78, 5) is 11.6. The van der Waals surface area contributed by atoms with Crippen molar-refractivity contribution in [1.82, 2.24) is 0 Å². The number of anilines is 1. The van der Waals surface area contributed by atoms with E-state index in [-0.39, 0.29) is 11.8 Å². The van der Waals surface area contributed by atoms with Crippen LogP contribution < -0.4 is 5.32 Å². The Bertz CT molecular complexity index is 1060. The van der Waals surface area contributed by atoms with Crippen LogP contribution in [-0.4, -0.2) is 33.2 Å². The molecule has 0 atom stereocenters. The number of carboxylic acid groups (broad SMARTS) is 1. The summed E-state index contributed by atoms with van der Waals surface area (Å²) >= 11 is 0.946. The summed E-state index contributed by atoms with van der Waals surface area (Å²) in [5.41, 5.74) is 4.19. The summed E-state index contributed by atoms with van der Waals surface area (Å²) < 4.78 is 6.92. The number of fused-ring (bicyclic) bond motifs is 1. The Balaban J connectivity index is 1.80. The number of allylic oxidation sites excluding steroid dienone is 3. The maximum Gasteiger partial charge on any atom is 0.303 e. The average Bonchev–Trinajstić information content (AvgIpc) is 3.03. The van der Waals surface area contributed by atoms with E-state index in [1.807, 2.05) is 66.9 Å². The zero-order valence-corrected chi connectivity index (χ0v) is 20.3. The van der Waals surface area contributed by atoms with Crippen molar-refractivity contribution in [2.75, 3.05) is 11.9 Å². The van der Waals surface area contributed by atoms with E-state index >= 15 is 0 Å². The first-order valence-corrected chi connectivity index (χ1v) is 12.0. The van der Waals surface area contributed by atoms with Crippen LogP contribution in [0.2, 0.25) is 0 Å². The van der Waals surface area contributed by atoms with Gasteiger partial charge in [0.25, 0.3) is 0 Å². The number of carboxylic acids is 1. The fraction of sp³-hybridized carbons (Fsp3) is 0.308. The molecule has 0 radical (unpaired) electrons. The number of carbonyl (C=O) groups is 1. The monoisotopic (exact) mass is 483 g/mol. The van der Waals surface area contributed by atoms with Gasteiger partial charge in [0.2, 0.25) is 5.69 Å². The number of benzene rings is 2. The third kappa shape index (κ3) is 6.80. The number of unbranched alkanes of at least 4 members (excludes halogenated alkanes) is 2. The van der Waals surface area contributed by atoms with Crippen LogP contribution in [-0.2, 0) is 19.6 Å². The predicted octanol–water partition coefficient (Wildman–Crippen LogP) is 6.32. The van der Waals surface area contributed by atoms with Gasteiger partial charge in [-0.2, -0.15) is 4.58 Å². The number of para-hydroxylation sites is 1. The van der Waals surface area contributed by atoms with Crippen molar-refractivity contribution in [3.05, 3.63) is 78.5 Å². The molecule has 0 saturated heterocycles. The van der Waals surface area contributed by atoms with E-state index in [4.69, 9.17) is 10.4 Å². The van der Waals surface area contributed by atoms with Crippen molar-refractivity contribution in [2.45, 2.75) is 49.8 Å². The van der Waals surface area contributed by atoms with Gasteiger partial charge in [-0.05, 0) is 57.0 Å². The minimum atomic E-state index is -0.752. The van der Waals surface area contributed by atoms with Gasteiger partial charge in [-0.25, -0.2) is 5.26 Å². The molecule has 0 unspecified atom stereocenters. The smallest absolute Gasteiger partial charge is 0.303 e. The lowest BCUT2D eigenvalue weighted by atomic mass is 9.81. The van der Waals surface area contributed by atoms with Gasteiger partial charge in [-0.1, -0.05) is 29.3 Å². The first-order chi connectivity index (χ1) is 16.4. The minimum absolute atomic E-state index is 0.200. The van der Waals surface area contributed by atoms with Gasteiger partial charge in [0.1, 0.15) is 6.54 Å². The molecule has 1 heterocycles. The molecule has 0 aromatic heterocycles. The Hall–Kier alpha value is -2.91. The molecule has 0 aliphatic carbocycles. The van der Waals surface area contributed by atoms with Crippen LogP contribution >= 0.6 is 12.0 Å². The van der Waals surface area contributed by atoms with E-state index in [9.17, 15) is 4.79 Å². The second-order valence-electron chi connectivity index (χ2n) is 8.50. The predicted molar refractivity (Wildman–Crippen MR) is 134 cm³/mol. The Morgan fingerprint density at radius 1 is 1.12 bits per heavy atom. The molecular weight excluding hydrogens is 452 g/mol. The zero-order valence-electron chi connectivity index (χ0n) is 19.4. The summed E-state index contributed by atoms with van der Waals surface area (Å²) in [6, 6.07) is 16.0. The Labute approximate surface area is 204 Å². The molecule has 2 aromatic carbocycles. The zero-order chi connectivity index (χ0) is 24.4. The topological polar surface area (TPSA) is 91.0 Å². The molecular formula is C26H31N2O5S+. The lowest BCUT2D eigenvalue weighted by Gasteiger charge is -2.15. The Kier molecular flexibility index (Phi) is 9.47. The molecule has 34 heavy (non-hydrogen) atoms. The first-order valence-electron chi connectivity index (χ1n) is 11.2. The normalized spacial score (nSPS) is 14.8. The summed E-state index contributed by atoms with van der Waals surface area (Å²) in [5.74, 6) is -0.752. The van der Waals surface area contributed by atoms with Crippen LogP contribution in [0.5, 0.6) is 0 Å². The van der Waals surface area contributed by atoms with E-state index in [1.54, 1.807) is 0 Å². The van der Waals surface area contributed by atoms with Crippen LogP contribution in [0.4, 0.5) is 11.4 Å². The first kappa shape index (κ1) is 25.7. The molecule has 0 spiro atoms. The van der Waals surface area contributed by atoms with E-state index in [0.717, 1.165) is 59.0 Å². The van der Waals surface area contributed by atoms with Crippen LogP contribution in [0.15, 0.2) is 77.9 Å². The summed E-state index contributed by atoms with van der Waals surface area (Å²) in [6.07, 6.45) is 10.6. The number of nitrogens with one attached hydrogen (secondary N) is 1. The van der Waals surface area contributed by atoms with Gasteiger partial charge >= 0.3 is 5.97 Å². The molecule has 180 valence electrons. The van der Waals surface area contributed by atoms with Gasteiger partial charge in [0.15, 0.2) is 5.71 Å². The number of rotatable bonds is 13. The van der Waals surface area contributed by atoms with Crippen molar-refractivity contribution in [3.63, 3.8) is 0 Å². The van der Waals surface area contributed by atoms with Crippen LogP contribution in [0.25, 0.3) is 0 Å². The van der Waals surface area contributed by atoms with Gasteiger partial charge in [0, 0.05) is 47.3 Å². The Morgan fingerprint density at radius 2 is 1.91 bits per heavy atom. The molecule has 3 rings (SSSR count). The van der Waals surface area contributed by atoms with E-state index < -0.39 is 5.97 Å². The highest BCUT2D eigenvalue weighted by Crippen LogP contribution is 2.42. The highest BCUT2D eigenvalue weighted by molar-refractivity contribution is 7.94. The molecule has 0 fully saturated rings. The molecule has 1 aliphatic heterocycles. The lowest BCUT2D eigenvalue weighted by Crippen LogP contribution is -2.28. The maximum atomic E-state index is 10.8. The summed E-state index contributed by atoms with van der Waals surface area (Å²) in [7, 11) is 0. The van der Waals surface area contributed by atoms with E-state index in [1.165, 1.54) is 0 Å². The quantitative estimate of drug-likeness (QED) is 0.0767. The largest absolute Gasteiger partial charge is 0.481 e. The van der Waals surface area contributed by atoms with Gasteiger partial charge < -0.3 is 10.4 Å². The molecule has 2 aromatic rings. The Morgan fingerprint density at radius 3 is 2.65 bits per heavy atom. The fourth-order valence-electron chi connectivity index (χ4n) is 4.11. The summed E-state index contributed by atoms with van der Waals surface area (Å²) in [5, 5.41) is 24.4. The molecule has 7 nitrogen and oxygen atoms in total. The highest BCUT2D eigenvalue weighted by atomic mass is 32.2. The SMILES string of the molecule is CC1(C)C(/C=C/C=C/Nc2ccccc2)=[N+](CCCCCC(=O)O)c2ccc(SOOO)cc21. The van der Waals surface area contributed by atoms with Crippen LogP contribution in [0, 0.1) is 0 Å². The van der Waals surface area contributed by atoms with Crippen molar-refractivity contribution >= 4 is 35.1 Å². The number of hydrogen-bond acceptors (Lipinski definition) is 6. The standard InChI is InChI=1S/C26H30N2O5S/c1-26(2)22-19-21(34-33-32-31)15-16-23(22)28(18-10-4-7-14-25(29)30)24(26)13-8-9-17-27-20-11-5-3-6-12-20/h3,5-6,8-9,11-13,15-17,19H,4,7,10,14,18H2,1-2H3,(H2,29,30,31)/p+1. The average molecular weight is 484 g/mol. The van der Waals surface area contributed by atoms with Crippen molar-refractivity contribution in [3.8, 4) is 0 Å². The molecule has 3 N–H and O–H groups in total. The number of aliphatic carboxylic acids is 1. The van der Waals surface area contributed by atoms with E-state index in [2.05, 4.69) is 39.2 Å².